The van der Waals surface area contributed by atoms with Gasteiger partial charge in [-0.1, -0.05) is 33.6 Å². The van der Waals surface area contributed by atoms with Crippen LogP contribution in [-0.2, 0) is 11.2 Å². The molecule has 0 aromatic heterocycles. The van der Waals surface area contributed by atoms with Crippen molar-refractivity contribution < 1.29 is 9.84 Å². The lowest BCUT2D eigenvalue weighted by Crippen LogP contribution is -2.33. The second-order valence-electron chi connectivity index (χ2n) is 4.41. The van der Waals surface area contributed by atoms with Crippen molar-refractivity contribution in [1.82, 2.24) is 0 Å². The number of aliphatic hydroxyl groups excluding tert-OH is 1. The van der Waals surface area contributed by atoms with E-state index in [1.165, 1.54) is 0 Å². The summed E-state index contributed by atoms with van der Waals surface area (Å²) < 4.78 is 6.53. The fourth-order valence-electron chi connectivity index (χ4n) is 2.11. The molecule has 0 amide bonds. The molecule has 1 fully saturated rings. The first-order chi connectivity index (χ1) is 8.16. The molecule has 1 aliphatic rings. The Morgan fingerprint density at radius 1 is 1.47 bits per heavy atom. The van der Waals surface area contributed by atoms with E-state index >= 15 is 0 Å². The Bertz CT molecular complexity index is 378. The van der Waals surface area contributed by atoms with Gasteiger partial charge < -0.3 is 9.84 Å². The maximum Gasteiger partial charge on any atom is 0.0842 e. The van der Waals surface area contributed by atoms with Crippen molar-refractivity contribution in [3.8, 4) is 0 Å². The van der Waals surface area contributed by atoms with Crippen LogP contribution in [0.25, 0.3) is 0 Å². The van der Waals surface area contributed by atoms with Gasteiger partial charge in [-0.15, -0.1) is 0 Å². The Morgan fingerprint density at radius 2 is 2.29 bits per heavy atom. The third-order valence-corrected chi connectivity index (χ3v) is 3.93. The van der Waals surface area contributed by atoms with Crippen molar-refractivity contribution in [3.63, 3.8) is 0 Å². The zero-order valence-corrected chi connectivity index (χ0v) is 11.9. The van der Waals surface area contributed by atoms with Gasteiger partial charge in [0.05, 0.1) is 12.2 Å². The molecule has 2 rings (SSSR count). The van der Waals surface area contributed by atoms with Crippen molar-refractivity contribution >= 4 is 27.5 Å². The quantitative estimate of drug-likeness (QED) is 0.923. The molecule has 0 saturated carbocycles. The molecule has 0 bridgehead atoms. The lowest BCUT2D eigenvalue weighted by molar-refractivity contribution is -0.0611. The lowest BCUT2D eigenvalue weighted by Gasteiger charge is -2.27. The summed E-state index contributed by atoms with van der Waals surface area (Å²) in [5.41, 5.74) is 0.969. The first kappa shape index (κ1) is 13.3. The van der Waals surface area contributed by atoms with Crippen molar-refractivity contribution in [1.29, 1.82) is 0 Å². The van der Waals surface area contributed by atoms with E-state index in [2.05, 4.69) is 15.9 Å². The number of aliphatic hydroxyl groups is 1. The Labute approximate surface area is 115 Å². The van der Waals surface area contributed by atoms with Crippen LogP contribution in [0.3, 0.4) is 0 Å². The van der Waals surface area contributed by atoms with Crippen molar-refractivity contribution in [2.45, 2.75) is 37.9 Å². The molecule has 1 aromatic rings. The molecule has 2 atom stereocenters. The molecule has 17 heavy (non-hydrogen) atoms. The molecule has 2 unspecified atom stereocenters. The molecule has 1 N–H and O–H groups in total. The monoisotopic (exact) mass is 318 g/mol. The molecule has 94 valence electrons. The summed E-state index contributed by atoms with van der Waals surface area (Å²) in [5, 5.41) is 10.8. The molecule has 1 aromatic carbocycles. The second kappa shape index (κ2) is 6.19. The molecular weight excluding hydrogens is 303 g/mol. The Morgan fingerprint density at radius 3 is 2.94 bits per heavy atom. The molecular formula is C13H16BrClO2. The summed E-state index contributed by atoms with van der Waals surface area (Å²) >= 11 is 9.50. The summed E-state index contributed by atoms with van der Waals surface area (Å²) in [6, 6.07) is 5.74. The average molecular weight is 320 g/mol. The normalized spacial score (nSPS) is 22.4. The number of benzene rings is 1. The van der Waals surface area contributed by atoms with Gasteiger partial charge in [0.1, 0.15) is 0 Å². The molecule has 0 aliphatic carbocycles. The molecule has 1 saturated heterocycles. The summed E-state index contributed by atoms with van der Waals surface area (Å²) in [5.74, 6) is 0. The maximum absolute atomic E-state index is 10.1. The molecule has 1 aliphatic heterocycles. The highest BCUT2D eigenvalue weighted by Crippen LogP contribution is 2.25. The molecule has 0 spiro atoms. The number of rotatable bonds is 3. The number of hydrogen-bond donors (Lipinski definition) is 1. The van der Waals surface area contributed by atoms with Gasteiger partial charge in [-0.25, -0.2) is 0 Å². The smallest absolute Gasteiger partial charge is 0.0842 e. The van der Waals surface area contributed by atoms with Crippen molar-refractivity contribution in [2.75, 3.05) is 6.61 Å². The highest BCUT2D eigenvalue weighted by Gasteiger charge is 2.23. The number of ether oxygens (including phenoxy) is 1. The van der Waals surface area contributed by atoms with E-state index in [4.69, 9.17) is 16.3 Å². The zero-order valence-electron chi connectivity index (χ0n) is 9.53. The van der Waals surface area contributed by atoms with E-state index < -0.39 is 6.10 Å². The van der Waals surface area contributed by atoms with Gasteiger partial charge in [0, 0.05) is 22.5 Å². The predicted molar refractivity (Wildman–Crippen MR) is 72.5 cm³/mol. The first-order valence-corrected chi connectivity index (χ1v) is 7.07. The van der Waals surface area contributed by atoms with Crippen LogP contribution < -0.4 is 0 Å². The standard InChI is InChI=1S/C13H16BrClO2/c14-10-5-4-9(11(15)8-10)7-12(16)13-3-1-2-6-17-13/h4-5,8,12-13,16H,1-3,6-7H2. The van der Waals surface area contributed by atoms with Crippen LogP contribution in [0.5, 0.6) is 0 Å². The Kier molecular flexibility index (Phi) is 4.86. The van der Waals surface area contributed by atoms with Crippen LogP contribution in [0, 0.1) is 0 Å². The van der Waals surface area contributed by atoms with Crippen LogP contribution in [0.1, 0.15) is 24.8 Å². The third kappa shape index (κ3) is 3.68. The minimum absolute atomic E-state index is 0.0385. The van der Waals surface area contributed by atoms with Gasteiger partial charge in [0.15, 0.2) is 0 Å². The van der Waals surface area contributed by atoms with Gasteiger partial charge in [-0.05, 0) is 37.0 Å². The third-order valence-electron chi connectivity index (χ3n) is 3.09. The summed E-state index contributed by atoms with van der Waals surface area (Å²) in [6.45, 7) is 0.760. The second-order valence-corrected chi connectivity index (χ2v) is 5.74. The maximum atomic E-state index is 10.1. The fourth-order valence-corrected chi connectivity index (χ4v) is 2.86. The highest BCUT2D eigenvalue weighted by molar-refractivity contribution is 9.10. The first-order valence-electron chi connectivity index (χ1n) is 5.90. The van der Waals surface area contributed by atoms with Crippen LogP contribution in [0.15, 0.2) is 22.7 Å². The van der Waals surface area contributed by atoms with E-state index in [0.29, 0.717) is 11.4 Å². The summed E-state index contributed by atoms with van der Waals surface area (Å²) in [6.07, 6.45) is 3.22. The topological polar surface area (TPSA) is 29.5 Å². The minimum atomic E-state index is -0.464. The average Bonchev–Trinajstić information content (AvgIpc) is 2.34. The summed E-state index contributed by atoms with van der Waals surface area (Å²) in [7, 11) is 0. The SMILES string of the molecule is OC(Cc1ccc(Br)cc1Cl)C1CCCCO1. The van der Waals surface area contributed by atoms with Gasteiger partial charge in [0.2, 0.25) is 0 Å². The van der Waals surface area contributed by atoms with Gasteiger partial charge in [0.25, 0.3) is 0 Å². The van der Waals surface area contributed by atoms with Crippen LogP contribution in [0.4, 0.5) is 0 Å². The van der Waals surface area contributed by atoms with Crippen LogP contribution >= 0.6 is 27.5 Å². The summed E-state index contributed by atoms with van der Waals surface area (Å²) in [4.78, 5) is 0. The molecule has 2 nitrogen and oxygen atoms in total. The fraction of sp³-hybridized carbons (Fsp3) is 0.538. The van der Waals surface area contributed by atoms with Crippen LogP contribution in [0.2, 0.25) is 5.02 Å². The largest absolute Gasteiger partial charge is 0.390 e. The highest BCUT2D eigenvalue weighted by atomic mass is 79.9. The minimum Gasteiger partial charge on any atom is -0.390 e. The zero-order chi connectivity index (χ0) is 12.3. The molecule has 0 radical (unpaired) electrons. The number of hydrogen-bond acceptors (Lipinski definition) is 2. The Hall–Kier alpha value is -0.0900. The Balaban J connectivity index is 1.99. The molecule has 4 heteroatoms. The van der Waals surface area contributed by atoms with Crippen LogP contribution in [-0.4, -0.2) is 23.9 Å². The predicted octanol–water partition coefficient (Wildman–Crippen LogP) is 3.58. The van der Waals surface area contributed by atoms with E-state index in [-0.39, 0.29) is 6.10 Å². The van der Waals surface area contributed by atoms with Crippen molar-refractivity contribution in [2.24, 2.45) is 0 Å². The van der Waals surface area contributed by atoms with E-state index in [9.17, 15) is 5.11 Å². The van der Waals surface area contributed by atoms with E-state index in [0.717, 1.165) is 35.9 Å². The van der Waals surface area contributed by atoms with Crippen molar-refractivity contribution in [3.05, 3.63) is 33.3 Å². The van der Waals surface area contributed by atoms with E-state index in [1.54, 1.807) is 0 Å². The molecule has 1 heterocycles. The number of halogens is 2. The van der Waals surface area contributed by atoms with Gasteiger partial charge in [-0.3, -0.25) is 0 Å². The van der Waals surface area contributed by atoms with Gasteiger partial charge >= 0.3 is 0 Å². The van der Waals surface area contributed by atoms with E-state index in [1.807, 2.05) is 18.2 Å². The lowest BCUT2D eigenvalue weighted by atomic mass is 9.98. The van der Waals surface area contributed by atoms with Gasteiger partial charge in [-0.2, -0.15) is 0 Å².